The van der Waals surface area contributed by atoms with Crippen LogP contribution < -0.4 is 0 Å². The van der Waals surface area contributed by atoms with Crippen LogP contribution in [0.15, 0.2) is 29.0 Å². The fourth-order valence-corrected chi connectivity index (χ4v) is 1.64. The Kier molecular flexibility index (Phi) is 2.76. The zero-order valence-corrected chi connectivity index (χ0v) is 9.88. The Labute approximate surface area is 98.8 Å². The average Bonchev–Trinajstić information content (AvgIpc) is 2.57. The Balaban J connectivity index is 2.53. The van der Waals surface area contributed by atoms with Gasteiger partial charge >= 0.3 is 0 Å². The van der Waals surface area contributed by atoms with Gasteiger partial charge in [0, 0.05) is 4.47 Å². The second-order valence-electron chi connectivity index (χ2n) is 2.57. The molecule has 0 fully saturated rings. The predicted octanol–water partition coefficient (Wildman–Crippen LogP) is 3.34. The molecule has 1 heterocycles. The van der Waals surface area contributed by atoms with E-state index in [1.807, 2.05) is 12.1 Å². The van der Waals surface area contributed by atoms with E-state index >= 15 is 0 Å². The summed E-state index contributed by atoms with van der Waals surface area (Å²) >= 11 is 15.0. The molecule has 0 aliphatic carbocycles. The number of nitrogens with zero attached hydrogens (tertiary/aromatic N) is 3. The van der Waals surface area contributed by atoms with Crippen molar-refractivity contribution in [1.29, 1.82) is 0 Å². The van der Waals surface area contributed by atoms with Crippen LogP contribution in [0.5, 0.6) is 0 Å². The zero-order valence-electron chi connectivity index (χ0n) is 6.78. The van der Waals surface area contributed by atoms with E-state index in [4.69, 9.17) is 23.2 Å². The van der Waals surface area contributed by atoms with Crippen LogP contribution in [0.25, 0.3) is 5.69 Å². The highest BCUT2D eigenvalue weighted by molar-refractivity contribution is 9.10. The minimum atomic E-state index is 0.309. The zero-order chi connectivity index (χ0) is 10.1. The maximum atomic E-state index is 5.94. The maximum Gasteiger partial charge on any atom is 0.229 e. The summed E-state index contributed by atoms with van der Waals surface area (Å²) in [5.41, 5.74) is 0.827. The topological polar surface area (TPSA) is 30.7 Å². The summed E-state index contributed by atoms with van der Waals surface area (Å²) in [6, 6.07) is 5.49. The molecule has 2 rings (SSSR count). The number of aromatic nitrogens is 3. The maximum absolute atomic E-state index is 5.94. The van der Waals surface area contributed by atoms with Gasteiger partial charge in [-0.25, -0.2) is 0 Å². The molecular weight excluding hydrogens is 289 g/mol. The van der Waals surface area contributed by atoms with Crippen LogP contribution in [-0.4, -0.2) is 14.8 Å². The van der Waals surface area contributed by atoms with Gasteiger partial charge in [0.25, 0.3) is 0 Å². The summed E-state index contributed by atoms with van der Waals surface area (Å²) in [6.07, 6.45) is 1.53. The third kappa shape index (κ3) is 1.78. The van der Waals surface area contributed by atoms with Crippen molar-refractivity contribution in [2.45, 2.75) is 0 Å². The Bertz CT molecular complexity index is 469. The summed E-state index contributed by atoms with van der Waals surface area (Å²) in [6.45, 7) is 0. The molecule has 1 aromatic carbocycles. The van der Waals surface area contributed by atoms with E-state index in [1.54, 1.807) is 10.6 Å². The minimum Gasteiger partial charge on any atom is -0.272 e. The van der Waals surface area contributed by atoms with Crippen LogP contribution in [-0.2, 0) is 0 Å². The number of hydrogen-bond acceptors (Lipinski definition) is 2. The molecule has 6 heteroatoms. The summed E-state index contributed by atoms with van der Waals surface area (Å²) in [5, 5.41) is 8.27. The molecule has 0 unspecified atom stereocenters. The van der Waals surface area contributed by atoms with Gasteiger partial charge in [-0.3, -0.25) is 4.57 Å². The summed E-state index contributed by atoms with van der Waals surface area (Å²) in [7, 11) is 0. The SMILES string of the molecule is Clc1cc(-n2cnnc2Cl)ccc1Br. The molecule has 72 valence electrons. The normalized spacial score (nSPS) is 10.5. The van der Waals surface area contributed by atoms with Crippen LogP contribution in [0.3, 0.4) is 0 Å². The number of hydrogen-bond donors (Lipinski definition) is 0. The molecule has 0 saturated carbocycles. The second-order valence-corrected chi connectivity index (χ2v) is 4.17. The molecule has 0 aliphatic rings. The third-order valence-corrected chi connectivity index (χ3v) is 3.18. The Morgan fingerprint density at radius 1 is 1.29 bits per heavy atom. The monoisotopic (exact) mass is 291 g/mol. The number of halogens is 3. The van der Waals surface area contributed by atoms with Crippen LogP contribution >= 0.6 is 39.1 Å². The molecule has 14 heavy (non-hydrogen) atoms. The molecule has 2 aromatic rings. The van der Waals surface area contributed by atoms with Gasteiger partial charge in [-0.15, -0.1) is 10.2 Å². The van der Waals surface area contributed by atoms with Crippen molar-refractivity contribution < 1.29 is 0 Å². The van der Waals surface area contributed by atoms with Crippen molar-refractivity contribution in [3.05, 3.63) is 39.3 Å². The molecule has 1 aromatic heterocycles. The summed E-state index contributed by atoms with van der Waals surface area (Å²) in [4.78, 5) is 0. The van der Waals surface area contributed by atoms with Gasteiger partial charge in [0.1, 0.15) is 6.33 Å². The fourth-order valence-electron chi connectivity index (χ4n) is 1.03. The Morgan fingerprint density at radius 3 is 2.64 bits per heavy atom. The number of rotatable bonds is 1. The van der Waals surface area contributed by atoms with Crippen molar-refractivity contribution >= 4 is 39.1 Å². The number of benzene rings is 1. The van der Waals surface area contributed by atoms with Crippen LogP contribution in [0.2, 0.25) is 10.3 Å². The van der Waals surface area contributed by atoms with Crippen molar-refractivity contribution in [3.8, 4) is 5.69 Å². The standard InChI is InChI=1S/C8H4BrCl2N3/c9-6-2-1-5(3-7(6)10)14-4-12-13-8(14)11/h1-4H. The lowest BCUT2D eigenvalue weighted by Crippen LogP contribution is -1.91. The van der Waals surface area contributed by atoms with Crippen LogP contribution in [0, 0.1) is 0 Å². The van der Waals surface area contributed by atoms with Crippen molar-refractivity contribution in [3.63, 3.8) is 0 Å². The van der Waals surface area contributed by atoms with Crippen molar-refractivity contribution in [1.82, 2.24) is 14.8 Å². The minimum absolute atomic E-state index is 0.309. The van der Waals surface area contributed by atoms with Crippen LogP contribution in [0.4, 0.5) is 0 Å². The smallest absolute Gasteiger partial charge is 0.229 e. The van der Waals surface area contributed by atoms with Gasteiger partial charge in [0.15, 0.2) is 0 Å². The molecule has 0 atom stereocenters. The molecular formula is C8H4BrCl2N3. The quantitative estimate of drug-likeness (QED) is 0.807. The molecule has 0 saturated heterocycles. The van der Waals surface area contributed by atoms with Crippen molar-refractivity contribution in [2.24, 2.45) is 0 Å². The van der Waals surface area contributed by atoms with E-state index in [0.717, 1.165) is 10.2 Å². The van der Waals surface area contributed by atoms with Crippen molar-refractivity contribution in [2.75, 3.05) is 0 Å². The summed E-state index contributed by atoms with van der Waals surface area (Å²) < 4.78 is 2.48. The van der Waals surface area contributed by atoms with E-state index in [9.17, 15) is 0 Å². The predicted molar refractivity (Wildman–Crippen MR) is 59.1 cm³/mol. The van der Waals surface area contributed by atoms with Gasteiger partial charge in [-0.05, 0) is 45.7 Å². The molecule has 0 spiro atoms. The van der Waals surface area contributed by atoms with Gasteiger partial charge in [-0.1, -0.05) is 11.6 Å². The van der Waals surface area contributed by atoms with Gasteiger partial charge < -0.3 is 0 Å². The van der Waals surface area contributed by atoms with Gasteiger partial charge in [-0.2, -0.15) is 0 Å². The molecule has 3 nitrogen and oxygen atoms in total. The highest BCUT2D eigenvalue weighted by Crippen LogP contribution is 2.25. The van der Waals surface area contributed by atoms with E-state index in [1.165, 1.54) is 6.33 Å². The lowest BCUT2D eigenvalue weighted by Gasteiger charge is -2.03. The lowest BCUT2D eigenvalue weighted by molar-refractivity contribution is 1.06. The molecule has 0 N–H and O–H groups in total. The van der Waals surface area contributed by atoms with E-state index in [0.29, 0.717) is 10.3 Å². The molecule has 0 radical (unpaired) electrons. The van der Waals surface area contributed by atoms with E-state index in [2.05, 4.69) is 26.1 Å². The van der Waals surface area contributed by atoms with Gasteiger partial charge in [0.2, 0.25) is 5.28 Å². The second kappa shape index (κ2) is 3.88. The first-order valence-electron chi connectivity index (χ1n) is 3.69. The molecule has 0 aliphatic heterocycles. The highest BCUT2D eigenvalue weighted by Gasteiger charge is 2.05. The van der Waals surface area contributed by atoms with Crippen LogP contribution in [0.1, 0.15) is 0 Å². The average molecular weight is 293 g/mol. The molecule has 0 bridgehead atoms. The third-order valence-electron chi connectivity index (χ3n) is 1.69. The Hall–Kier alpha value is -0.580. The first-order chi connectivity index (χ1) is 6.68. The first kappa shape index (κ1) is 9.96. The largest absolute Gasteiger partial charge is 0.272 e. The fraction of sp³-hybridized carbons (Fsp3) is 0. The highest BCUT2D eigenvalue weighted by atomic mass is 79.9. The van der Waals surface area contributed by atoms with Gasteiger partial charge in [0.05, 0.1) is 10.7 Å². The molecule has 0 amide bonds. The summed E-state index contributed by atoms with van der Waals surface area (Å²) in [5.74, 6) is 0. The first-order valence-corrected chi connectivity index (χ1v) is 5.24. The van der Waals surface area contributed by atoms with E-state index < -0.39 is 0 Å². The van der Waals surface area contributed by atoms with E-state index in [-0.39, 0.29) is 0 Å². The lowest BCUT2D eigenvalue weighted by atomic mass is 10.3. The Morgan fingerprint density at radius 2 is 2.07 bits per heavy atom.